The molecule has 0 aliphatic rings. The highest BCUT2D eigenvalue weighted by molar-refractivity contribution is 9.11. The summed E-state index contributed by atoms with van der Waals surface area (Å²) >= 11 is 6.92. The molecule has 5 nitrogen and oxygen atoms in total. The molecule has 0 bridgehead atoms. The molecule has 2 aromatic rings. The van der Waals surface area contributed by atoms with Gasteiger partial charge in [-0.15, -0.1) is 0 Å². The quantitative estimate of drug-likeness (QED) is 0.684. The second-order valence-corrected chi connectivity index (χ2v) is 6.38. The smallest absolute Gasteiger partial charge is 0.335 e. The monoisotopic (exact) mass is 443 g/mol. The van der Waals surface area contributed by atoms with E-state index in [0.29, 0.717) is 18.0 Å². The number of halogens is 2. The van der Waals surface area contributed by atoms with Crippen LogP contribution in [0.15, 0.2) is 39.3 Å². The highest BCUT2D eigenvalue weighted by atomic mass is 79.9. The Morgan fingerprint density at radius 3 is 2.30 bits per heavy atom. The molecule has 0 aromatic heterocycles. The first-order valence-corrected chi connectivity index (χ1v) is 8.22. The number of methoxy groups -OCH3 is 2. The molecular weight excluding hydrogens is 430 g/mol. The van der Waals surface area contributed by atoms with Crippen molar-refractivity contribution in [3.05, 3.63) is 50.4 Å². The minimum absolute atomic E-state index is 0.199. The predicted molar refractivity (Wildman–Crippen MR) is 95.7 cm³/mol. The number of ether oxygens (including phenoxy) is 2. The number of nitrogens with one attached hydrogen (secondary N) is 1. The minimum Gasteiger partial charge on any atom is -0.495 e. The second-order valence-electron chi connectivity index (χ2n) is 4.67. The molecule has 0 atom stereocenters. The number of carboxylic acid groups (broad SMARTS) is 1. The van der Waals surface area contributed by atoms with Gasteiger partial charge in [-0.25, -0.2) is 4.79 Å². The molecule has 0 fully saturated rings. The number of carbonyl (C=O) groups is 1. The van der Waals surface area contributed by atoms with Crippen LogP contribution in [0.4, 0.5) is 5.69 Å². The van der Waals surface area contributed by atoms with E-state index in [-0.39, 0.29) is 5.56 Å². The summed E-state index contributed by atoms with van der Waals surface area (Å²) in [7, 11) is 3.15. The highest BCUT2D eigenvalue weighted by Gasteiger charge is 2.11. The van der Waals surface area contributed by atoms with Crippen molar-refractivity contribution in [1.29, 1.82) is 0 Å². The molecule has 0 aliphatic carbocycles. The fraction of sp³-hybridized carbons (Fsp3) is 0.188. The molecule has 0 saturated heterocycles. The lowest BCUT2D eigenvalue weighted by molar-refractivity contribution is 0.0697. The molecule has 2 N–H and O–H groups in total. The average Bonchev–Trinajstić information content (AvgIpc) is 2.52. The number of carboxylic acids is 1. The molecule has 2 rings (SSSR count). The Bertz CT molecular complexity index is 711. The van der Waals surface area contributed by atoms with E-state index in [4.69, 9.17) is 14.6 Å². The third-order valence-electron chi connectivity index (χ3n) is 3.19. The lowest BCUT2D eigenvalue weighted by atomic mass is 10.1. The van der Waals surface area contributed by atoms with E-state index in [1.165, 1.54) is 6.07 Å². The average molecular weight is 445 g/mol. The zero-order valence-corrected chi connectivity index (χ0v) is 15.7. The number of hydrogen-bond donors (Lipinski definition) is 2. The fourth-order valence-corrected chi connectivity index (χ4v) is 3.69. The molecule has 0 unspecified atom stereocenters. The number of benzene rings is 2. The number of hydrogen-bond acceptors (Lipinski definition) is 4. The number of aromatic carboxylic acids is 1. The van der Waals surface area contributed by atoms with Crippen LogP contribution in [0.1, 0.15) is 15.9 Å². The lowest BCUT2D eigenvalue weighted by Crippen LogP contribution is -2.04. The van der Waals surface area contributed by atoms with Gasteiger partial charge in [-0.3, -0.25) is 0 Å². The summed E-state index contributed by atoms with van der Waals surface area (Å²) in [4.78, 5) is 11.1. The molecule has 0 amide bonds. The molecule has 23 heavy (non-hydrogen) atoms. The minimum atomic E-state index is -0.981. The predicted octanol–water partition coefficient (Wildman–Crippen LogP) is 4.54. The third kappa shape index (κ3) is 4.17. The normalized spacial score (nSPS) is 10.3. The summed E-state index contributed by atoms with van der Waals surface area (Å²) in [5, 5.41) is 12.3. The van der Waals surface area contributed by atoms with Gasteiger partial charge in [0.25, 0.3) is 0 Å². The van der Waals surface area contributed by atoms with Crippen molar-refractivity contribution in [2.24, 2.45) is 0 Å². The van der Waals surface area contributed by atoms with Crippen LogP contribution in [-0.2, 0) is 6.54 Å². The van der Waals surface area contributed by atoms with Crippen molar-refractivity contribution >= 4 is 43.5 Å². The van der Waals surface area contributed by atoms with Gasteiger partial charge in [-0.1, -0.05) is 0 Å². The number of rotatable bonds is 6. The maximum Gasteiger partial charge on any atom is 0.335 e. The van der Waals surface area contributed by atoms with E-state index in [2.05, 4.69) is 37.2 Å². The molecular formula is C16H15Br2NO4. The van der Waals surface area contributed by atoms with Crippen molar-refractivity contribution < 1.29 is 19.4 Å². The van der Waals surface area contributed by atoms with Gasteiger partial charge in [0.1, 0.15) is 11.5 Å². The lowest BCUT2D eigenvalue weighted by Gasteiger charge is -2.13. The first kappa shape index (κ1) is 17.6. The molecule has 122 valence electrons. The molecule has 0 heterocycles. The van der Waals surface area contributed by atoms with Gasteiger partial charge < -0.3 is 19.9 Å². The van der Waals surface area contributed by atoms with Crippen LogP contribution in [-0.4, -0.2) is 25.3 Å². The summed E-state index contributed by atoms with van der Waals surface area (Å²) in [5.41, 5.74) is 1.81. The standard InChI is InChI=1S/C16H15Br2NO4/c1-22-14-4-3-10(16(20)21)7-13(14)19-8-9-5-11(17)15(23-2)12(18)6-9/h3-7,19H,8H2,1-2H3,(H,20,21). The van der Waals surface area contributed by atoms with Crippen molar-refractivity contribution in [2.45, 2.75) is 6.54 Å². The van der Waals surface area contributed by atoms with E-state index in [0.717, 1.165) is 20.3 Å². The molecule has 0 radical (unpaired) electrons. The van der Waals surface area contributed by atoms with Crippen LogP contribution >= 0.6 is 31.9 Å². The zero-order valence-electron chi connectivity index (χ0n) is 12.5. The van der Waals surface area contributed by atoms with Crippen molar-refractivity contribution in [3.63, 3.8) is 0 Å². The Hall–Kier alpha value is -1.73. The van der Waals surface area contributed by atoms with E-state index in [1.807, 2.05) is 12.1 Å². The summed E-state index contributed by atoms with van der Waals surface area (Å²) in [6.45, 7) is 0.501. The Labute approximate surface area is 150 Å². The van der Waals surface area contributed by atoms with Gasteiger partial charge in [0, 0.05) is 6.54 Å². The van der Waals surface area contributed by atoms with Crippen LogP contribution in [0.5, 0.6) is 11.5 Å². The van der Waals surface area contributed by atoms with Gasteiger partial charge in [-0.05, 0) is 67.8 Å². The van der Waals surface area contributed by atoms with Crippen LogP contribution in [0, 0.1) is 0 Å². The summed E-state index contributed by atoms with van der Waals surface area (Å²) in [6, 6.07) is 8.56. The van der Waals surface area contributed by atoms with Gasteiger partial charge >= 0.3 is 5.97 Å². The van der Waals surface area contributed by atoms with Gasteiger partial charge in [-0.2, -0.15) is 0 Å². The Balaban J connectivity index is 2.23. The topological polar surface area (TPSA) is 67.8 Å². The van der Waals surface area contributed by atoms with Crippen LogP contribution < -0.4 is 14.8 Å². The first-order chi connectivity index (χ1) is 11.0. The first-order valence-electron chi connectivity index (χ1n) is 6.63. The van der Waals surface area contributed by atoms with Gasteiger partial charge in [0.2, 0.25) is 0 Å². The van der Waals surface area contributed by atoms with E-state index >= 15 is 0 Å². The SMILES string of the molecule is COc1ccc(C(=O)O)cc1NCc1cc(Br)c(OC)c(Br)c1. The Morgan fingerprint density at radius 1 is 1.13 bits per heavy atom. The summed E-state index contributed by atoms with van der Waals surface area (Å²) in [6.07, 6.45) is 0. The Kier molecular flexibility index (Phi) is 5.90. The van der Waals surface area contributed by atoms with E-state index < -0.39 is 5.97 Å². The van der Waals surface area contributed by atoms with Crippen LogP contribution in [0.3, 0.4) is 0 Å². The Morgan fingerprint density at radius 2 is 1.78 bits per heavy atom. The van der Waals surface area contributed by atoms with Gasteiger partial charge in [0.15, 0.2) is 0 Å². The second kappa shape index (κ2) is 7.70. The largest absolute Gasteiger partial charge is 0.495 e. The number of anilines is 1. The fourth-order valence-electron chi connectivity index (χ4n) is 2.09. The van der Waals surface area contributed by atoms with E-state index in [9.17, 15) is 4.79 Å². The molecule has 0 spiro atoms. The zero-order chi connectivity index (χ0) is 17.0. The molecule has 7 heteroatoms. The van der Waals surface area contributed by atoms with E-state index in [1.54, 1.807) is 26.4 Å². The summed E-state index contributed by atoms with van der Waals surface area (Å²) in [5.74, 6) is 0.325. The molecule has 0 saturated carbocycles. The third-order valence-corrected chi connectivity index (χ3v) is 4.37. The maximum absolute atomic E-state index is 11.1. The van der Waals surface area contributed by atoms with Crippen LogP contribution in [0.25, 0.3) is 0 Å². The van der Waals surface area contributed by atoms with Crippen molar-refractivity contribution in [1.82, 2.24) is 0 Å². The molecule has 0 aliphatic heterocycles. The summed E-state index contributed by atoms with van der Waals surface area (Å²) < 4.78 is 12.2. The maximum atomic E-state index is 11.1. The van der Waals surface area contributed by atoms with Crippen molar-refractivity contribution in [2.75, 3.05) is 19.5 Å². The van der Waals surface area contributed by atoms with Crippen LogP contribution in [0.2, 0.25) is 0 Å². The van der Waals surface area contributed by atoms with Gasteiger partial charge in [0.05, 0.1) is 34.4 Å². The highest BCUT2D eigenvalue weighted by Crippen LogP contribution is 2.35. The van der Waals surface area contributed by atoms with Crippen molar-refractivity contribution in [3.8, 4) is 11.5 Å². The molecule has 2 aromatic carbocycles.